The first-order valence-corrected chi connectivity index (χ1v) is 7.00. The lowest BCUT2D eigenvalue weighted by Gasteiger charge is -2.05. The molecule has 1 aromatic heterocycles. The maximum absolute atomic E-state index is 6.12. The van der Waals surface area contributed by atoms with Gasteiger partial charge in [0.1, 0.15) is 0 Å². The van der Waals surface area contributed by atoms with Crippen LogP contribution in [0.4, 0.5) is 0 Å². The van der Waals surface area contributed by atoms with Gasteiger partial charge in [0.05, 0.1) is 0 Å². The van der Waals surface area contributed by atoms with Crippen LogP contribution in [0.15, 0.2) is 42.5 Å². The van der Waals surface area contributed by atoms with Crippen molar-refractivity contribution in [1.29, 1.82) is 0 Å². The van der Waals surface area contributed by atoms with Crippen LogP contribution < -0.4 is 5.73 Å². The zero-order valence-corrected chi connectivity index (χ0v) is 10.7. The Kier molecular flexibility index (Phi) is 2.77. The average Bonchev–Trinajstić information content (AvgIpc) is 2.93. The first-order valence-electron chi connectivity index (χ1n) is 6.18. The predicted molar refractivity (Wildman–Crippen MR) is 74.2 cm³/mol. The second kappa shape index (κ2) is 4.28. The van der Waals surface area contributed by atoms with Gasteiger partial charge in [-0.3, -0.25) is 0 Å². The second-order valence-electron chi connectivity index (χ2n) is 4.99. The van der Waals surface area contributed by atoms with Crippen LogP contribution in [0.25, 0.3) is 10.4 Å². The summed E-state index contributed by atoms with van der Waals surface area (Å²) < 4.78 is 0. The highest BCUT2D eigenvalue weighted by Gasteiger charge is 2.37. The Bertz CT molecular complexity index is 497. The van der Waals surface area contributed by atoms with E-state index >= 15 is 0 Å². The molecular formula is C15H17NS. The van der Waals surface area contributed by atoms with Crippen LogP contribution in [0, 0.1) is 0 Å². The summed E-state index contributed by atoms with van der Waals surface area (Å²) in [5, 5.41) is 0. The van der Waals surface area contributed by atoms with Gasteiger partial charge in [0.2, 0.25) is 0 Å². The van der Waals surface area contributed by atoms with Crippen LogP contribution in [0.3, 0.4) is 0 Å². The third-order valence-electron chi connectivity index (χ3n) is 3.48. The van der Waals surface area contributed by atoms with Gasteiger partial charge >= 0.3 is 0 Å². The lowest BCUT2D eigenvalue weighted by Crippen LogP contribution is -2.21. The lowest BCUT2D eigenvalue weighted by molar-refractivity contribution is 0.612. The number of hydrogen-bond donors (Lipinski definition) is 1. The Morgan fingerprint density at radius 2 is 1.82 bits per heavy atom. The molecule has 1 aliphatic carbocycles. The van der Waals surface area contributed by atoms with Gasteiger partial charge in [0, 0.05) is 15.3 Å². The van der Waals surface area contributed by atoms with Gasteiger partial charge in [0.15, 0.2) is 0 Å². The van der Waals surface area contributed by atoms with Crippen LogP contribution in [-0.2, 0) is 6.42 Å². The summed E-state index contributed by atoms with van der Waals surface area (Å²) in [6.07, 6.45) is 4.70. The number of thiophene rings is 1. The minimum atomic E-state index is 0.177. The van der Waals surface area contributed by atoms with Crippen molar-refractivity contribution in [2.45, 2.75) is 31.2 Å². The topological polar surface area (TPSA) is 26.0 Å². The van der Waals surface area contributed by atoms with Gasteiger partial charge in [-0.1, -0.05) is 30.3 Å². The molecule has 88 valence electrons. The Balaban J connectivity index is 1.70. The normalized spacial score (nSPS) is 17.0. The molecule has 1 fully saturated rings. The minimum absolute atomic E-state index is 0.177. The highest BCUT2D eigenvalue weighted by Crippen LogP contribution is 2.38. The fraction of sp³-hybridized carbons (Fsp3) is 0.333. The SMILES string of the molecule is NC1(CCc2ccc(-c3ccccc3)s2)CC1. The third-order valence-corrected chi connectivity index (χ3v) is 4.68. The first kappa shape index (κ1) is 11.0. The molecule has 1 saturated carbocycles. The first-order chi connectivity index (χ1) is 8.25. The Hall–Kier alpha value is -1.12. The van der Waals surface area contributed by atoms with Gasteiger partial charge in [-0.25, -0.2) is 0 Å². The van der Waals surface area contributed by atoms with Crippen molar-refractivity contribution < 1.29 is 0 Å². The summed E-state index contributed by atoms with van der Waals surface area (Å²) in [6, 6.07) is 15.1. The Morgan fingerprint density at radius 3 is 2.53 bits per heavy atom. The fourth-order valence-corrected chi connectivity index (χ4v) is 3.07. The van der Waals surface area contributed by atoms with Crippen LogP contribution in [0.1, 0.15) is 24.1 Å². The van der Waals surface area contributed by atoms with E-state index in [4.69, 9.17) is 5.73 Å². The number of hydrogen-bond acceptors (Lipinski definition) is 2. The summed E-state index contributed by atoms with van der Waals surface area (Å²) in [5.41, 5.74) is 7.61. The molecule has 0 aliphatic heterocycles. The van der Waals surface area contributed by atoms with E-state index in [1.165, 1.54) is 28.2 Å². The Morgan fingerprint density at radius 1 is 1.06 bits per heavy atom. The number of rotatable bonds is 4. The number of nitrogens with two attached hydrogens (primary N) is 1. The molecule has 0 radical (unpaired) electrons. The molecule has 1 nitrogen and oxygen atoms in total. The van der Waals surface area contributed by atoms with Crippen molar-refractivity contribution in [3.8, 4) is 10.4 Å². The van der Waals surface area contributed by atoms with Crippen LogP contribution in [0.5, 0.6) is 0 Å². The molecule has 1 aliphatic rings. The van der Waals surface area contributed by atoms with Gasteiger partial charge in [-0.15, -0.1) is 11.3 Å². The molecule has 2 heteroatoms. The highest BCUT2D eigenvalue weighted by molar-refractivity contribution is 7.15. The third kappa shape index (κ3) is 2.59. The maximum atomic E-state index is 6.12. The van der Waals surface area contributed by atoms with E-state index in [0.29, 0.717) is 0 Å². The van der Waals surface area contributed by atoms with Gasteiger partial charge in [-0.2, -0.15) is 0 Å². The molecular weight excluding hydrogens is 226 g/mol. The smallest absolute Gasteiger partial charge is 0.0345 e. The maximum Gasteiger partial charge on any atom is 0.0345 e. The molecule has 2 N–H and O–H groups in total. The molecule has 0 amide bonds. The average molecular weight is 243 g/mol. The van der Waals surface area contributed by atoms with E-state index in [0.717, 1.165) is 12.8 Å². The van der Waals surface area contributed by atoms with E-state index in [2.05, 4.69) is 42.5 Å². The monoisotopic (exact) mass is 243 g/mol. The van der Waals surface area contributed by atoms with E-state index in [1.807, 2.05) is 11.3 Å². The summed E-state index contributed by atoms with van der Waals surface area (Å²) in [4.78, 5) is 2.82. The molecule has 0 saturated heterocycles. The molecule has 2 aromatic rings. The zero-order chi connectivity index (χ0) is 11.7. The minimum Gasteiger partial charge on any atom is -0.325 e. The molecule has 1 aromatic carbocycles. The van der Waals surface area contributed by atoms with Crippen LogP contribution in [-0.4, -0.2) is 5.54 Å². The van der Waals surface area contributed by atoms with E-state index in [-0.39, 0.29) is 5.54 Å². The summed E-state index contributed by atoms with van der Waals surface area (Å²) in [6.45, 7) is 0. The highest BCUT2D eigenvalue weighted by atomic mass is 32.1. The molecule has 3 rings (SSSR count). The molecule has 1 heterocycles. The molecule has 0 unspecified atom stereocenters. The summed E-state index contributed by atoms with van der Waals surface area (Å²) >= 11 is 1.90. The molecule has 0 bridgehead atoms. The number of benzene rings is 1. The van der Waals surface area contributed by atoms with Gasteiger partial charge in [-0.05, 0) is 43.4 Å². The molecule has 17 heavy (non-hydrogen) atoms. The quantitative estimate of drug-likeness (QED) is 0.867. The fourth-order valence-electron chi connectivity index (χ4n) is 2.05. The van der Waals surface area contributed by atoms with Gasteiger partial charge < -0.3 is 5.73 Å². The van der Waals surface area contributed by atoms with E-state index in [1.54, 1.807) is 0 Å². The number of aryl methyl sites for hydroxylation is 1. The largest absolute Gasteiger partial charge is 0.325 e. The zero-order valence-electron chi connectivity index (χ0n) is 9.86. The van der Waals surface area contributed by atoms with Crippen molar-refractivity contribution in [2.24, 2.45) is 5.73 Å². The van der Waals surface area contributed by atoms with Crippen LogP contribution >= 0.6 is 11.3 Å². The van der Waals surface area contributed by atoms with E-state index in [9.17, 15) is 0 Å². The second-order valence-corrected chi connectivity index (χ2v) is 6.16. The van der Waals surface area contributed by atoms with Crippen molar-refractivity contribution >= 4 is 11.3 Å². The van der Waals surface area contributed by atoms with Crippen molar-refractivity contribution in [2.75, 3.05) is 0 Å². The van der Waals surface area contributed by atoms with Crippen molar-refractivity contribution in [3.63, 3.8) is 0 Å². The van der Waals surface area contributed by atoms with E-state index < -0.39 is 0 Å². The summed E-state index contributed by atoms with van der Waals surface area (Å²) in [5.74, 6) is 0. The van der Waals surface area contributed by atoms with Crippen LogP contribution in [0.2, 0.25) is 0 Å². The summed E-state index contributed by atoms with van der Waals surface area (Å²) in [7, 11) is 0. The van der Waals surface area contributed by atoms with Crippen molar-refractivity contribution in [1.82, 2.24) is 0 Å². The standard InChI is InChI=1S/C15H17NS/c16-15(10-11-15)9-8-13-6-7-14(17-13)12-4-2-1-3-5-12/h1-7H,8-11,16H2. The van der Waals surface area contributed by atoms with Gasteiger partial charge in [0.25, 0.3) is 0 Å². The van der Waals surface area contributed by atoms with Crippen molar-refractivity contribution in [3.05, 3.63) is 47.3 Å². The molecule has 0 atom stereocenters. The predicted octanol–water partition coefficient (Wildman–Crippen LogP) is 3.84. The molecule has 0 spiro atoms. The Labute approximate surface area is 106 Å². The lowest BCUT2D eigenvalue weighted by atomic mass is 10.1.